The molecule has 1 unspecified atom stereocenters. The van der Waals surface area contributed by atoms with Gasteiger partial charge in [0, 0.05) is 24.0 Å². The molecule has 1 atom stereocenters. The van der Waals surface area contributed by atoms with Crippen molar-refractivity contribution in [1.82, 2.24) is 0 Å². The van der Waals surface area contributed by atoms with Crippen LogP contribution in [0.1, 0.15) is 38.2 Å². The van der Waals surface area contributed by atoms with Crippen LogP contribution in [0.3, 0.4) is 0 Å². The van der Waals surface area contributed by atoms with Crippen LogP contribution in [0.2, 0.25) is 0 Å². The molecular weight excluding hydrogens is 196 g/mol. The van der Waals surface area contributed by atoms with Crippen LogP contribution in [0.5, 0.6) is 0 Å². The second-order valence-electron chi connectivity index (χ2n) is 4.93. The molecule has 0 bridgehead atoms. The fraction of sp³-hybridized carbons (Fsp3) is 0.571. The van der Waals surface area contributed by atoms with Crippen LogP contribution < -0.4 is 10.6 Å². The summed E-state index contributed by atoms with van der Waals surface area (Å²) in [5.41, 5.74) is 9.28. The van der Waals surface area contributed by atoms with Crippen molar-refractivity contribution in [3.05, 3.63) is 23.8 Å². The van der Waals surface area contributed by atoms with Crippen molar-refractivity contribution in [2.24, 2.45) is 0 Å². The highest BCUT2D eigenvalue weighted by atomic mass is 15.2. The maximum atomic E-state index is 5.87. The number of benzene rings is 1. The van der Waals surface area contributed by atoms with Crippen LogP contribution in [0, 0.1) is 6.92 Å². The Morgan fingerprint density at radius 1 is 1.25 bits per heavy atom. The Kier molecular flexibility index (Phi) is 3.37. The molecule has 1 aromatic carbocycles. The number of nitrogens with two attached hydrogens (primary N) is 1. The lowest BCUT2D eigenvalue weighted by Crippen LogP contribution is -2.32. The van der Waals surface area contributed by atoms with Crippen molar-refractivity contribution in [2.45, 2.75) is 45.6 Å². The molecule has 1 fully saturated rings. The van der Waals surface area contributed by atoms with Gasteiger partial charge in [0.05, 0.1) is 0 Å². The first-order valence-electron chi connectivity index (χ1n) is 6.31. The third kappa shape index (κ3) is 2.31. The van der Waals surface area contributed by atoms with Crippen molar-refractivity contribution < 1.29 is 0 Å². The van der Waals surface area contributed by atoms with Crippen LogP contribution >= 0.6 is 0 Å². The summed E-state index contributed by atoms with van der Waals surface area (Å²) in [6.45, 7) is 5.60. The summed E-state index contributed by atoms with van der Waals surface area (Å²) < 4.78 is 0. The second kappa shape index (κ2) is 4.77. The van der Waals surface area contributed by atoms with Gasteiger partial charge in [-0.3, -0.25) is 0 Å². The van der Waals surface area contributed by atoms with Gasteiger partial charge >= 0.3 is 0 Å². The van der Waals surface area contributed by atoms with E-state index in [1.54, 1.807) is 0 Å². The number of nitrogens with zero attached hydrogens (tertiary/aromatic N) is 1. The monoisotopic (exact) mass is 218 g/mol. The van der Waals surface area contributed by atoms with Gasteiger partial charge < -0.3 is 10.6 Å². The van der Waals surface area contributed by atoms with E-state index in [0.29, 0.717) is 6.04 Å². The maximum Gasteiger partial charge on any atom is 0.0372 e. The maximum absolute atomic E-state index is 5.87. The van der Waals surface area contributed by atoms with Gasteiger partial charge in [-0.05, 0) is 50.5 Å². The van der Waals surface area contributed by atoms with E-state index in [2.05, 4.69) is 30.9 Å². The average Bonchev–Trinajstić information content (AvgIpc) is 2.47. The molecule has 0 spiro atoms. The number of hydrogen-bond donors (Lipinski definition) is 1. The predicted octanol–water partition coefficient (Wildman–Crippen LogP) is 3.35. The largest absolute Gasteiger partial charge is 0.399 e. The third-order valence-corrected chi connectivity index (χ3v) is 3.64. The van der Waals surface area contributed by atoms with E-state index < -0.39 is 0 Å². The van der Waals surface area contributed by atoms with Gasteiger partial charge in [-0.2, -0.15) is 0 Å². The van der Waals surface area contributed by atoms with E-state index in [1.807, 2.05) is 6.07 Å². The molecule has 0 aromatic heterocycles. The minimum absolute atomic E-state index is 0.658. The molecule has 0 radical (unpaired) electrons. The summed E-state index contributed by atoms with van der Waals surface area (Å²) >= 11 is 0. The van der Waals surface area contributed by atoms with Crippen LogP contribution in [-0.2, 0) is 0 Å². The number of aryl methyl sites for hydroxylation is 1. The molecule has 1 aliphatic rings. The molecule has 2 heteroatoms. The lowest BCUT2D eigenvalue weighted by atomic mass is 10.1. The van der Waals surface area contributed by atoms with Crippen LogP contribution in [0.4, 0.5) is 11.4 Å². The van der Waals surface area contributed by atoms with Gasteiger partial charge in [-0.1, -0.05) is 12.8 Å². The topological polar surface area (TPSA) is 29.3 Å². The Hall–Kier alpha value is -1.18. The first-order chi connectivity index (χ1) is 7.68. The average molecular weight is 218 g/mol. The molecule has 1 saturated heterocycles. The quantitative estimate of drug-likeness (QED) is 0.732. The Bertz CT molecular complexity index is 360. The second-order valence-corrected chi connectivity index (χ2v) is 4.93. The first-order valence-corrected chi connectivity index (χ1v) is 6.31. The molecule has 0 saturated carbocycles. The fourth-order valence-corrected chi connectivity index (χ4v) is 2.50. The zero-order chi connectivity index (χ0) is 11.5. The molecular formula is C14H22N2. The lowest BCUT2D eigenvalue weighted by molar-refractivity contribution is 0.616. The van der Waals surface area contributed by atoms with E-state index >= 15 is 0 Å². The molecule has 0 amide bonds. The van der Waals surface area contributed by atoms with Crippen molar-refractivity contribution in [3.63, 3.8) is 0 Å². The first kappa shape index (κ1) is 11.3. The zero-order valence-corrected chi connectivity index (χ0v) is 10.4. The molecule has 1 aliphatic heterocycles. The van der Waals surface area contributed by atoms with E-state index in [9.17, 15) is 0 Å². The Labute approximate surface area is 98.4 Å². The Balaban J connectivity index is 2.23. The van der Waals surface area contributed by atoms with Gasteiger partial charge in [0.15, 0.2) is 0 Å². The van der Waals surface area contributed by atoms with Crippen LogP contribution in [0.25, 0.3) is 0 Å². The zero-order valence-electron chi connectivity index (χ0n) is 10.4. The minimum atomic E-state index is 0.658. The molecule has 2 nitrogen and oxygen atoms in total. The summed E-state index contributed by atoms with van der Waals surface area (Å²) in [5, 5.41) is 0. The standard InChI is InChI=1S/C14H22N2/c1-11-10-13(7-8-14(11)15)16-9-5-3-4-6-12(16)2/h7-8,10,12H,3-6,9,15H2,1-2H3. The van der Waals surface area contributed by atoms with Crippen molar-refractivity contribution in [3.8, 4) is 0 Å². The molecule has 2 N–H and O–H groups in total. The van der Waals surface area contributed by atoms with Gasteiger partial charge in [0.1, 0.15) is 0 Å². The normalized spacial score (nSPS) is 21.9. The third-order valence-electron chi connectivity index (χ3n) is 3.64. The van der Waals surface area contributed by atoms with Gasteiger partial charge in [-0.15, -0.1) is 0 Å². The lowest BCUT2D eigenvalue weighted by Gasteiger charge is -2.30. The van der Waals surface area contributed by atoms with Gasteiger partial charge in [-0.25, -0.2) is 0 Å². The SMILES string of the molecule is Cc1cc(N2CCCCCC2C)ccc1N. The molecule has 2 rings (SSSR count). The van der Waals surface area contributed by atoms with E-state index in [1.165, 1.54) is 43.5 Å². The van der Waals surface area contributed by atoms with Crippen molar-refractivity contribution in [2.75, 3.05) is 17.2 Å². The summed E-state index contributed by atoms with van der Waals surface area (Å²) in [7, 11) is 0. The predicted molar refractivity (Wildman–Crippen MR) is 70.9 cm³/mol. The summed E-state index contributed by atoms with van der Waals surface area (Å²) in [4.78, 5) is 2.53. The highest BCUT2D eigenvalue weighted by Crippen LogP contribution is 2.26. The molecule has 0 aliphatic carbocycles. The van der Waals surface area contributed by atoms with E-state index in [4.69, 9.17) is 5.73 Å². The summed E-state index contributed by atoms with van der Waals surface area (Å²) in [5.74, 6) is 0. The van der Waals surface area contributed by atoms with Crippen molar-refractivity contribution in [1.29, 1.82) is 0 Å². The van der Waals surface area contributed by atoms with E-state index in [-0.39, 0.29) is 0 Å². The number of anilines is 2. The van der Waals surface area contributed by atoms with Gasteiger partial charge in [0.25, 0.3) is 0 Å². The Morgan fingerprint density at radius 2 is 2.06 bits per heavy atom. The molecule has 1 heterocycles. The highest BCUT2D eigenvalue weighted by molar-refractivity contribution is 5.58. The van der Waals surface area contributed by atoms with Crippen LogP contribution in [0.15, 0.2) is 18.2 Å². The molecule has 1 aromatic rings. The smallest absolute Gasteiger partial charge is 0.0372 e. The highest BCUT2D eigenvalue weighted by Gasteiger charge is 2.17. The molecule has 16 heavy (non-hydrogen) atoms. The summed E-state index contributed by atoms with van der Waals surface area (Å²) in [6, 6.07) is 7.06. The number of hydrogen-bond acceptors (Lipinski definition) is 2. The summed E-state index contributed by atoms with van der Waals surface area (Å²) in [6.07, 6.45) is 5.36. The number of nitrogen functional groups attached to an aromatic ring is 1. The molecule has 88 valence electrons. The Morgan fingerprint density at radius 3 is 2.81 bits per heavy atom. The number of rotatable bonds is 1. The van der Waals surface area contributed by atoms with E-state index in [0.717, 1.165) is 5.69 Å². The van der Waals surface area contributed by atoms with Gasteiger partial charge in [0.2, 0.25) is 0 Å². The minimum Gasteiger partial charge on any atom is -0.399 e. The fourth-order valence-electron chi connectivity index (χ4n) is 2.50. The van der Waals surface area contributed by atoms with Crippen molar-refractivity contribution >= 4 is 11.4 Å². The van der Waals surface area contributed by atoms with Crippen LogP contribution in [-0.4, -0.2) is 12.6 Å².